The van der Waals surface area contributed by atoms with Crippen LogP contribution in [0.15, 0.2) is 194 Å². The van der Waals surface area contributed by atoms with Gasteiger partial charge in [0.2, 0.25) is 0 Å². The largest absolute Gasteiger partial charge is 0.417 e. The van der Waals surface area contributed by atoms with Crippen molar-refractivity contribution in [3.8, 4) is 84.4 Å². The maximum absolute atomic E-state index is 14.9. The monoisotopic (exact) mass is 1190 g/mol. The van der Waals surface area contributed by atoms with Gasteiger partial charge in [0, 0.05) is 38.6 Å². The van der Waals surface area contributed by atoms with E-state index in [-0.39, 0.29) is 84.9 Å². The number of benzene rings is 9. The van der Waals surface area contributed by atoms with Crippen LogP contribution in [0.25, 0.3) is 106 Å². The quantitative estimate of drug-likeness (QED) is 0.142. The van der Waals surface area contributed by atoms with Gasteiger partial charge in [0.1, 0.15) is 0 Å². The third-order valence-electron chi connectivity index (χ3n) is 14.0. The lowest BCUT2D eigenvalue weighted by Gasteiger charge is -2.22. The molecule has 22 heteroatoms. The van der Waals surface area contributed by atoms with Crippen molar-refractivity contribution in [1.82, 2.24) is 19.5 Å². The minimum absolute atomic E-state index is 0.0327. The fourth-order valence-electron chi connectivity index (χ4n) is 10.1. The molecule has 0 spiro atoms. The second-order valence-corrected chi connectivity index (χ2v) is 19.4. The van der Waals surface area contributed by atoms with Crippen LogP contribution in [-0.4, -0.2) is 19.5 Å². The standard InChI is InChI=1S/C63H32F18N4/c64-58(65,66)40-15-7-13-35(25-40)46-29-39(57-83-55(33-9-3-1-4-10-33)82-56(84-57)34-11-5-2-6-12-34)30-47(36-14-8-16-41(26-36)59(67,68)69)54(46)85-52-23-17-37(44-21-19-42(60(70,71)72)31-50(44)62(76,77)78)27-48(52)49-28-38(18-24-53(49)85)45-22-20-43(61(73,74)75)32-51(45)63(79,80)81/h1-32H. The number of hydrogen-bond acceptors (Lipinski definition) is 3. The fraction of sp³-hybridized carbons (Fsp3) is 0.0952. The predicted molar refractivity (Wildman–Crippen MR) is 282 cm³/mol. The van der Waals surface area contributed by atoms with E-state index in [1.807, 2.05) is 0 Å². The Morgan fingerprint density at radius 2 is 0.576 bits per heavy atom. The van der Waals surface area contributed by atoms with Gasteiger partial charge in [-0.15, -0.1) is 0 Å². The normalized spacial score (nSPS) is 12.8. The first-order chi connectivity index (χ1) is 39.9. The third kappa shape index (κ3) is 11.3. The summed E-state index contributed by atoms with van der Waals surface area (Å²) in [7, 11) is 0. The number of fused-ring (bicyclic) bond motifs is 3. The topological polar surface area (TPSA) is 43.6 Å². The molecule has 0 atom stereocenters. The second kappa shape index (κ2) is 20.7. The molecule has 2 aromatic heterocycles. The Kier molecular flexibility index (Phi) is 14.0. The van der Waals surface area contributed by atoms with Crippen molar-refractivity contribution < 1.29 is 79.0 Å². The second-order valence-electron chi connectivity index (χ2n) is 19.4. The van der Waals surface area contributed by atoms with E-state index in [2.05, 4.69) is 4.98 Å². The Morgan fingerprint density at radius 3 is 0.929 bits per heavy atom. The first-order valence-electron chi connectivity index (χ1n) is 25.0. The van der Waals surface area contributed by atoms with Gasteiger partial charge >= 0.3 is 37.1 Å². The van der Waals surface area contributed by atoms with Crippen LogP contribution in [0.5, 0.6) is 0 Å². The molecule has 0 saturated heterocycles. The summed E-state index contributed by atoms with van der Waals surface area (Å²) in [5.74, 6) is -0.00862. The van der Waals surface area contributed by atoms with E-state index in [1.165, 1.54) is 28.8 Å². The van der Waals surface area contributed by atoms with Crippen LogP contribution in [0.1, 0.15) is 33.4 Å². The van der Waals surface area contributed by atoms with Crippen molar-refractivity contribution in [2.24, 2.45) is 0 Å². The molecular formula is C63H32F18N4. The SMILES string of the molecule is FC(F)(F)c1cccc(-c2cc(-c3nc(-c4ccccc4)nc(-c4ccccc4)n3)cc(-c3cccc(C(F)(F)F)c3)c2-n2c3ccc(-c4ccc(C(F)(F)F)cc4C(F)(F)F)cc3c3cc(-c4ccc(C(F)(F)F)cc4C(F)(F)F)ccc32)c1. The molecule has 0 amide bonds. The van der Waals surface area contributed by atoms with Crippen LogP contribution < -0.4 is 0 Å². The van der Waals surface area contributed by atoms with Crippen LogP contribution in [0.3, 0.4) is 0 Å². The highest BCUT2D eigenvalue weighted by Gasteiger charge is 2.41. The molecule has 0 saturated carbocycles. The first-order valence-corrected chi connectivity index (χ1v) is 25.0. The van der Waals surface area contributed by atoms with Crippen LogP contribution in [0, 0.1) is 0 Å². The molecule has 11 aromatic rings. The molecule has 0 aliphatic heterocycles. The number of aromatic nitrogens is 4. The van der Waals surface area contributed by atoms with Gasteiger partial charge in [-0.2, -0.15) is 79.0 Å². The zero-order valence-electron chi connectivity index (χ0n) is 42.6. The Labute approximate surface area is 467 Å². The Hall–Kier alpha value is -9.47. The number of rotatable bonds is 8. The lowest BCUT2D eigenvalue weighted by Crippen LogP contribution is -2.12. The molecule has 9 aromatic carbocycles. The molecule has 0 bridgehead atoms. The van der Waals surface area contributed by atoms with Crippen molar-refractivity contribution in [2.75, 3.05) is 0 Å². The van der Waals surface area contributed by atoms with Gasteiger partial charge < -0.3 is 4.57 Å². The van der Waals surface area contributed by atoms with E-state index in [4.69, 9.17) is 9.97 Å². The summed E-state index contributed by atoms with van der Waals surface area (Å²) >= 11 is 0. The van der Waals surface area contributed by atoms with Gasteiger partial charge in [-0.25, -0.2) is 15.0 Å². The highest BCUT2D eigenvalue weighted by atomic mass is 19.4. The van der Waals surface area contributed by atoms with Crippen molar-refractivity contribution in [3.63, 3.8) is 0 Å². The molecule has 4 nitrogen and oxygen atoms in total. The molecule has 85 heavy (non-hydrogen) atoms. The summed E-state index contributed by atoms with van der Waals surface area (Å²) in [6.07, 6.45) is -31.5. The summed E-state index contributed by atoms with van der Waals surface area (Å²) in [5.41, 5.74) is -12.5. The van der Waals surface area contributed by atoms with Gasteiger partial charge in [-0.1, -0.05) is 109 Å². The summed E-state index contributed by atoms with van der Waals surface area (Å²) in [4.78, 5) is 14.2. The summed E-state index contributed by atoms with van der Waals surface area (Å²) < 4.78 is 263. The molecule has 0 N–H and O–H groups in total. The highest BCUT2D eigenvalue weighted by Crippen LogP contribution is 2.49. The lowest BCUT2D eigenvalue weighted by molar-refractivity contribution is -0.144. The zero-order chi connectivity index (χ0) is 60.8. The molecule has 11 rings (SSSR count). The van der Waals surface area contributed by atoms with E-state index < -0.39 is 92.7 Å². The number of hydrogen-bond donors (Lipinski definition) is 0. The minimum atomic E-state index is -5.45. The smallest absolute Gasteiger partial charge is 0.308 e. The van der Waals surface area contributed by atoms with Gasteiger partial charge in [0.25, 0.3) is 0 Å². The third-order valence-corrected chi connectivity index (χ3v) is 14.0. The van der Waals surface area contributed by atoms with E-state index in [0.29, 0.717) is 35.4 Å². The van der Waals surface area contributed by atoms with E-state index >= 15 is 0 Å². The molecule has 0 aliphatic carbocycles. The van der Waals surface area contributed by atoms with E-state index in [0.717, 1.165) is 72.8 Å². The lowest BCUT2D eigenvalue weighted by atomic mass is 9.91. The molecule has 0 unspecified atom stereocenters. The van der Waals surface area contributed by atoms with Gasteiger partial charge in [-0.05, 0) is 118 Å². The maximum atomic E-state index is 14.9. The molecule has 0 aliphatic rings. The molecular weight excluding hydrogens is 1150 g/mol. The van der Waals surface area contributed by atoms with Crippen LogP contribution >= 0.6 is 0 Å². The Balaban J connectivity index is 1.30. The Morgan fingerprint density at radius 1 is 0.247 bits per heavy atom. The first kappa shape index (κ1) is 57.4. The minimum Gasteiger partial charge on any atom is -0.308 e. The molecule has 0 radical (unpaired) electrons. The van der Waals surface area contributed by atoms with E-state index in [9.17, 15) is 79.0 Å². The van der Waals surface area contributed by atoms with Crippen molar-refractivity contribution in [1.29, 1.82) is 0 Å². The average molecular weight is 1190 g/mol. The van der Waals surface area contributed by atoms with Crippen molar-refractivity contribution in [2.45, 2.75) is 37.1 Å². The predicted octanol–water partition coefficient (Wildman–Crippen LogP) is 20.8. The van der Waals surface area contributed by atoms with Gasteiger partial charge in [-0.3, -0.25) is 0 Å². The summed E-state index contributed by atoms with van der Waals surface area (Å²) in [6, 6.07) is 35.0. The Bertz CT molecular complexity index is 4110. The number of alkyl halides is 18. The average Bonchev–Trinajstić information content (AvgIpc) is 1.67. The van der Waals surface area contributed by atoms with Crippen LogP contribution in [-0.2, 0) is 37.1 Å². The fourth-order valence-corrected chi connectivity index (χ4v) is 10.1. The maximum Gasteiger partial charge on any atom is 0.417 e. The molecule has 2 heterocycles. The van der Waals surface area contributed by atoms with Crippen LogP contribution in [0.2, 0.25) is 0 Å². The number of halogens is 18. The summed E-state index contributed by atoms with van der Waals surface area (Å²) in [5, 5.41) is -0.427. The van der Waals surface area contributed by atoms with Crippen molar-refractivity contribution >= 4 is 21.8 Å². The highest BCUT2D eigenvalue weighted by molar-refractivity contribution is 6.13. The molecule has 430 valence electrons. The van der Waals surface area contributed by atoms with Crippen LogP contribution in [0.4, 0.5) is 79.0 Å². The van der Waals surface area contributed by atoms with Gasteiger partial charge in [0.15, 0.2) is 17.5 Å². The van der Waals surface area contributed by atoms with Gasteiger partial charge in [0.05, 0.1) is 50.1 Å². The van der Waals surface area contributed by atoms with Crippen molar-refractivity contribution in [3.05, 3.63) is 228 Å². The molecule has 0 fully saturated rings. The summed E-state index contributed by atoms with van der Waals surface area (Å²) in [6.45, 7) is 0. The zero-order valence-corrected chi connectivity index (χ0v) is 42.6. The van der Waals surface area contributed by atoms with E-state index in [1.54, 1.807) is 60.7 Å². The number of nitrogens with zero attached hydrogens (tertiary/aromatic N) is 4.